The van der Waals surface area contributed by atoms with Crippen molar-refractivity contribution in [3.8, 4) is 0 Å². The second-order valence-corrected chi connectivity index (χ2v) is 4.74. The molecule has 0 amide bonds. The molecule has 0 rings (SSSR count). The average molecular weight is 254 g/mol. The van der Waals surface area contributed by atoms with Gasteiger partial charge in [-0.25, -0.2) is 0 Å². The SMILES string of the molecule is CC(C)=CCCC(C)=CCC(CC(=O)O)C(=O)O. The van der Waals surface area contributed by atoms with Crippen LogP contribution in [0.5, 0.6) is 0 Å². The number of hydrogen-bond donors (Lipinski definition) is 2. The standard InChI is InChI=1S/C14H22O4/c1-10(2)5-4-6-11(3)7-8-12(14(17)18)9-13(15)16/h5,7,12H,4,6,8-9H2,1-3H3,(H,15,16)(H,17,18). The van der Waals surface area contributed by atoms with Crippen molar-refractivity contribution in [2.45, 2.75) is 46.5 Å². The molecular formula is C14H22O4. The minimum absolute atomic E-state index is 0.280. The van der Waals surface area contributed by atoms with Gasteiger partial charge in [-0.2, -0.15) is 0 Å². The number of rotatable bonds is 8. The van der Waals surface area contributed by atoms with Gasteiger partial charge in [-0.15, -0.1) is 0 Å². The van der Waals surface area contributed by atoms with Crippen molar-refractivity contribution in [2.24, 2.45) is 5.92 Å². The van der Waals surface area contributed by atoms with E-state index in [1.165, 1.54) is 5.57 Å². The molecule has 0 bridgehead atoms. The first-order chi connectivity index (χ1) is 8.32. The maximum atomic E-state index is 10.8. The number of carboxylic acids is 2. The monoisotopic (exact) mass is 254 g/mol. The highest BCUT2D eigenvalue weighted by atomic mass is 16.4. The number of hydrogen-bond acceptors (Lipinski definition) is 2. The number of carbonyl (C=O) groups is 2. The Morgan fingerprint density at radius 3 is 2.17 bits per heavy atom. The zero-order valence-corrected chi connectivity index (χ0v) is 11.3. The molecule has 0 aromatic rings. The lowest BCUT2D eigenvalue weighted by Crippen LogP contribution is -2.17. The molecule has 0 saturated carbocycles. The molecule has 1 atom stereocenters. The lowest BCUT2D eigenvalue weighted by atomic mass is 9.99. The van der Waals surface area contributed by atoms with Crippen LogP contribution in [0.4, 0.5) is 0 Å². The van der Waals surface area contributed by atoms with Crippen molar-refractivity contribution in [3.05, 3.63) is 23.3 Å². The second-order valence-electron chi connectivity index (χ2n) is 4.74. The van der Waals surface area contributed by atoms with Gasteiger partial charge in [0.15, 0.2) is 0 Å². The zero-order chi connectivity index (χ0) is 14.1. The van der Waals surface area contributed by atoms with Gasteiger partial charge in [0.05, 0.1) is 12.3 Å². The molecule has 18 heavy (non-hydrogen) atoms. The first-order valence-electron chi connectivity index (χ1n) is 6.06. The normalized spacial score (nSPS) is 12.9. The van der Waals surface area contributed by atoms with Crippen molar-refractivity contribution >= 4 is 11.9 Å². The molecule has 0 fully saturated rings. The van der Waals surface area contributed by atoms with E-state index in [4.69, 9.17) is 10.2 Å². The van der Waals surface area contributed by atoms with E-state index in [2.05, 4.69) is 6.08 Å². The fourth-order valence-corrected chi connectivity index (χ4v) is 1.52. The highest BCUT2D eigenvalue weighted by molar-refractivity contribution is 5.77. The lowest BCUT2D eigenvalue weighted by Gasteiger charge is -2.07. The van der Waals surface area contributed by atoms with Crippen LogP contribution in [-0.2, 0) is 9.59 Å². The van der Waals surface area contributed by atoms with E-state index in [1.807, 2.05) is 26.8 Å². The molecule has 0 aromatic heterocycles. The van der Waals surface area contributed by atoms with Crippen LogP contribution in [-0.4, -0.2) is 22.2 Å². The fourth-order valence-electron chi connectivity index (χ4n) is 1.52. The van der Waals surface area contributed by atoms with E-state index >= 15 is 0 Å². The zero-order valence-electron chi connectivity index (χ0n) is 11.3. The topological polar surface area (TPSA) is 74.6 Å². The third kappa shape index (κ3) is 8.56. The van der Waals surface area contributed by atoms with Crippen molar-refractivity contribution in [3.63, 3.8) is 0 Å². The summed E-state index contributed by atoms with van der Waals surface area (Å²) in [6, 6.07) is 0. The Morgan fingerprint density at radius 2 is 1.72 bits per heavy atom. The molecule has 0 aromatic carbocycles. The molecule has 102 valence electrons. The van der Waals surface area contributed by atoms with Crippen LogP contribution in [0.2, 0.25) is 0 Å². The predicted molar refractivity (Wildman–Crippen MR) is 70.4 cm³/mol. The Kier molecular flexibility index (Phi) is 7.76. The third-order valence-corrected chi connectivity index (χ3v) is 2.61. The van der Waals surface area contributed by atoms with Crippen molar-refractivity contribution in [2.75, 3.05) is 0 Å². The lowest BCUT2D eigenvalue weighted by molar-refractivity contribution is -0.148. The summed E-state index contributed by atoms with van der Waals surface area (Å²) in [6.07, 6.45) is 5.73. The summed E-state index contributed by atoms with van der Waals surface area (Å²) in [4.78, 5) is 21.4. The van der Waals surface area contributed by atoms with Crippen LogP contribution in [0.1, 0.15) is 46.5 Å². The van der Waals surface area contributed by atoms with Gasteiger partial charge in [-0.1, -0.05) is 23.3 Å². The van der Waals surface area contributed by atoms with Gasteiger partial charge >= 0.3 is 11.9 Å². The summed E-state index contributed by atoms with van der Waals surface area (Å²) in [5.41, 5.74) is 2.36. The highest BCUT2D eigenvalue weighted by Gasteiger charge is 2.19. The molecule has 4 nitrogen and oxygen atoms in total. The molecule has 0 aliphatic heterocycles. The molecule has 1 unspecified atom stereocenters. The Bertz CT molecular complexity index is 349. The van der Waals surface area contributed by atoms with E-state index in [0.29, 0.717) is 0 Å². The first kappa shape index (κ1) is 16.4. The predicted octanol–water partition coefficient (Wildman–Crippen LogP) is 3.24. The Morgan fingerprint density at radius 1 is 1.11 bits per heavy atom. The minimum atomic E-state index is -1.07. The average Bonchev–Trinajstić information content (AvgIpc) is 2.22. The Hall–Kier alpha value is -1.58. The number of aliphatic carboxylic acids is 2. The molecule has 2 N–H and O–H groups in total. The van der Waals surface area contributed by atoms with Gasteiger partial charge in [0.1, 0.15) is 0 Å². The van der Waals surface area contributed by atoms with Crippen molar-refractivity contribution in [1.82, 2.24) is 0 Å². The van der Waals surface area contributed by atoms with E-state index in [1.54, 1.807) is 0 Å². The van der Waals surface area contributed by atoms with E-state index in [9.17, 15) is 9.59 Å². The van der Waals surface area contributed by atoms with Crippen LogP contribution in [0, 0.1) is 5.92 Å². The quantitative estimate of drug-likeness (QED) is 0.652. The molecule has 0 aliphatic carbocycles. The maximum absolute atomic E-state index is 10.8. The summed E-state index contributed by atoms with van der Waals surface area (Å²) >= 11 is 0. The van der Waals surface area contributed by atoms with Gasteiger partial charge in [0, 0.05) is 0 Å². The molecular weight excluding hydrogens is 232 g/mol. The van der Waals surface area contributed by atoms with Crippen LogP contribution < -0.4 is 0 Å². The molecule has 0 radical (unpaired) electrons. The number of carboxylic acid groups (broad SMARTS) is 2. The van der Waals surface area contributed by atoms with Gasteiger partial charge < -0.3 is 10.2 Å². The summed E-state index contributed by atoms with van der Waals surface area (Å²) in [7, 11) is 0. The van der Waals surface area contributed by atoms with Crippen LogP contribution >= 0.6 is 0 Å². The third-order valence-electron chi connectivity index (χ3n) is 2.61. The largest absolute Gasteiger partial charge is 0.481 e. The summed E-state index contributed by atoms with van der Waals surface area (Å²) < 4.78 is 0. The minimum Gasteiger partial charge on any atom is -0.481 e. The number of allylic oxidation sites excluding steroid dienone is 4. The van der Waals surface area contributed by atoms with Gasteiger partial charge in [-0.3, -0.25) is 9.59 Å². The van der Waals surface area contributed by atoms with E-state index in [-0.39, 0.29) is 12.8 Å². The molecule has 0 aliphatic rings. The maximum Gasteiger partial charge on any atom is 0.307 e. The van der Waals surface area contributed by atoms with Crippen LogP contribution in [0.25, 0.3) is 0 Å². The Labute approximate surface area is 108 Å². The highest BCUT2D eigenvalue weighted by Crippen LogP contribution is 2.14. The van der Waals surface area contributed by atoms with E-state index in [0.717, 1.165) is 18.4 Å². The summed E-state index contributed by atoms with van der Waals surface area (Å²) in [5.74, 6) is -2.95. The Balaban J connectivity index is 4.26. The molecule has 0 heterocycles. The van der Waals surface area contributed by atoms with Gasteiger partial charge in [-0.05, 0) is 40.0 Å². The summed E-state index contributed by atoms with van der Waals surface area (Å²) in [6.45, 7) is 6.01. The fraction of sp³-hybridized carbons (Fsp3) is 0.571. The molecule has 4 heteroatoms. The second kappa shape index (κ2) is 8.50. The first-order valence-corrected chi connectivity index (χ1v) is 6.06. The van der Waals surface area contributed by atoms with Gasteiger partial charge in [0.2, 0.25) is 0 Å². The van der Waals surface area contributed by atoms with Crippen LogP contribution in [0.3, 0.4) is 0 Å². The van der Waals surface area contributed by atoms with Crippen molar-refractivity contribution < 1.29 is 19.8 Å². The van der Waals surface area contributed by atoms with Gasteiger partial charge in [0.25, 0.3) is 0 Å². The van der Waals surface area contributed by atoms with Crippen LogP contribution in [0.15, 0.2) is 23.3 Å². The molecule has 0 spiro atoms. The van der Waals surface area contributed by atoms with E-state index < -0.39 is 17.9 Å². The summed E-state index contributed by atoms with van der Waals surface area (Å²) in [5, 5.41) is 17.5. The molecule has 0 saturated heterocycles. The smallest absolute Gasteiger partial charge is 0.307 e. The van der Waals surface area contributed by atoms with Crippen molar-refractivity contribution in [1.29, 1.82) is 0 Å².